The number of hydrogen-bond donors (Lipinski definition) is 3. The van der Waals surface area contributed by atoms with Crippen LogP contribution < -0.4 is 25.2 Å². The SMILES string of the molecule is C=C[C@@H]1C[C@@]1(C(=O)NS(=O)(=O)C1CC1)N(C(=O)[C@@H](Nc1ccc(C(N)=O)cc1)C(C)(C)C)C(=O)N1C[C@H](Oc2ncc(OC)c3ccc(Cl)cc23)CC1C. The molecule has 2 heterocycles. The number of ether oxygens (including phenoxy) is 2. The summed E-state index contributed by atoms with van der Waals surface area (Å²) >= 11 is 6.33. The standard InChI is InChI=1S/C38H45ClN6O8S/c1-7-23-18-38(23,35(48)43-54(50,51)27-13-14-27)45(34(47)31(37(3,4)5)42-25-11-8-22(9-12-25)32(40)46)36(49)44-20-26(16-21(44)2)53-33-29-17-24(39)10-15-28(29)30(52-6)19-41-33/h7-12,15,17,19,21,23,26-27,31,42H,1,13-14,16,18,20H2,2-6H3,(H2,40,46)(H,43,48)/t21?,23-,26-,31-,38-/m1/s1. The third-order valence-electron chi connectivity index (χ3n) is 10.3. The van der Waals surface area contributed by atoms with E-state index in [1.807, 2.05) is 6.92 Å². The van der Waals surface area contributed by atoms with Crippen molar-refractivity contribution in [2.75, 3.05) is 19.0 Å². The van der Waals surface area contributed by atoms with Crippen molar-refractivity contribution >= 4 is 61.8 Å². The van der Waals surface area contributed by atoms with Crippen LogP contribution in [0.15, 0.2) is 61.3 Å². The largest absolute Gasteiger partial charge is 0.494 e. The summed E-state index contributed by atoms with van der Waals surface area (Å²) in [4.78, 5) is 62.8. The molecule has 1 unspecified atom stereocenters. The molecule has 0 radical (unpaired) electrons. The Balaban J connectivity index is 1.36. The van der Waals surface area contributed by atoms with Crippen LogP contribution in [0.1, 0.15) is 63.7 Å². The summed E-state index contributed by atoms with van der Waals surface area (Å²) in [5, 5.41) is 4.28. The van der Waals surface area contributed by atoms with E-state index < -0.39 is 74.1 Å². The molecule has 4 N–H and O–H groups in total. The van der Waals surface area contributed by atoms with Gasteiger partial charge in [0.2, 0.25) is 21.8 Å². The maximum atomic E-state index is 15.1. The molecule has 2 aromatic carbocycles. The van der Waals surface area contributed by atoms with Gasteiger partial charge in [-0.05, 0) is 74.1 Å². The van der Waals surface area contributed by atoms with Gasteiger partial charge in [0.05, 0.1) is 25.1 Å². The van der Waals surface area contributed by atoms with E-state index in [2.05, 4.69) is 21.6 Å². The number of urea groups is 1. The Morgan fingerprint density at radius 2 is 1.81 bits per heavy atom. The van der Waals surface area contributed by atoms with E-state index in [1.165, 1.54) is 36.4 Å². The Morgan fingerprint density at radius 1 is 1.13 bits per heavy atom. The molecule has 5 amide bonds. The molecule has 3 aromatic rings. The Hall–Kier alpha value is -4.89. The second kappa shape index (κ2) is 14.4. The number of anilines is 1. The lowest BCUT2D eigenvalue weighted by atomic mass is 9.85. The summed E-state index contributed by atoms with van der Waals surface area (Å²) in [6, 6.07) is 9.06. The molecule has 5 atom stereocenters. The molecular formula is C38H45ClN6O8S. The van der Waals surface area contributed by atoms with Gasteiger partial charge in [-0.1, -0.05) is 38.4 Å². The fourth-order valence-corrected chi connectivity index (χ4v) is 8.56. The zero-order valence-corrected chi connectivity index (χ0v) is 32.4. The lowest BCUT2D eigenvalue weighted by molar-refractivity contribution is -0.141. The van der Waals surface area contributed by atoms with E-state index in [0.717, 1.165) is 10.3 Å². The molecule has 0 spiro atoms. The van der Waals surface area contributed by atoms with E-state index in [1.54, 1.807) is 51.1 Å². The zero-order valence-electron chi connectivity index (χ0n) is 30.8. The van der Waals surface area contributed by atoms with Crippen molar-refractivity contribution in [1.29, 1.82) is 0 Å². The van der Waals surface area contributed by atoms with Crippen LogP contribution in [0.2, 0.25) is 5.02 Å². The monoisotopic (exact) mass is 780 g/mol. The number of carbonyl (C=O) groups excluding carboxylic acids is 4. The number of rotatable bonds is 12. The lowest BCUT2D eigenvalue weighted by Gasteiger charge is -2.40. The van der Waals surface area contributed by atoms with Gasteiger partial charge in [0, 0.05) is 45.4 Å². The summed E-state index contributed by atoms with van der Waals surface area (Å²) in [6.07, 6.45) is 3.58. The number of imide groups is 1. The van der Waals surface area contributed by atoms with E-state index >= 15 is 4.79 Å². The van der Waals surface area contributed by atoms with Crippen molar-refractivity contribution in [1.82, 2.24) is 19.5 Å². The molecule has 2 saturated carbocycles. The maximum Gasteiger partial charge on any atom is 0.328 e. The number of pyridine rings is 1. The van der Waals surface area contributed by atoms with Crippen molar-refractivity contribution in [2.45, 2.75) is 82.4 Å². The summed E-state index contributed by atoms with van der Waals surface area (Å²) in [5.41, 5.74) is 3.41. The number of carbonyl (C=O) groups is 4. The second-order valence-electron chi connectivity index (χ2n) is 15.3. The minimum atomic E-state index is -4.05. The normalized spacial score (nSPS) is 22.9. The Labute approximate surface area is 319 Å². The predicted molar refractivity (Wildman–Crippen MR) is 204 cm³/mol. The summed E-state index contributed by atoms with van der Waals surface area (Å²) in [6.45, 7) is 11.1. The average Bonchev–Trinajstić information content (AvgIpc) is 4.04. The highest BCUT2D eigenvalue weighted by Gasteiger charge is 2.68. The molecule has 0 bridgehead atoms. The molecule has 1 aliphatic heterocycles. The Kier molecular flexibility index (Phi) is 10.4. The smallest absolute Gasteiger partial charge is 0.328 e. The molecule has 1 saturated heterocycles. The number of amides is 5. The number of fused-ring (bicyclic) bond motifs is 1. The van der Waals surface area contributed by atoms with Gasteiger partial charge < -0.3 is 25.4 Å². The molecule has 3 aliphatic rings. The highest BCUT2D eigenvalue weighted by Crippen LogP contribution is 2.52. The Bertz CT molecular complexity index is 2120. The van der Waals surface area contributed by atoms with E-state index in [4.69, 9.17) is 26.8 Å². The van der Waals surface area contributed by atoms with Crippen LogP contribution in [0.25, 0.3) is 10.8 Å². The molecule has 2 aliphatic carbocycles. The maximum absolute atomic E-state index is 15.1. The van der Waals surface area contributed by atoms with Crippen molar-refractivity contribution in [3.05, 3.63) is 71.9 Å². The van der Waals surface area contributed by atoms with Gasteiger partial charge in [-0.25, -0.2) is 23.1 Å². The first kappa shape index (κ1) is 38.8. The van der Waals surface area contributed by atoms with Crippen LogP contribution >= 0.6 is 11.6 Å². The summed E-state index contributed by atoms with van der Waals surface area (Å²) in [5.74, 6) is -2.25. The number of aromatic nitrogens is 1. The third kappa shape index (κ3) is 7.43. The van der Waals surface area contributed by atoms with Crippen LogP contribution in [-0.2, 0) is 19.6 Å². The number of nitrogens with two attached hydrogens (primary N) is 1. The number of nitrogens with one attached hydrogen (secondary N) is 2. The first-order chi connectivity index (χ1) is 25.4. The van der Waals surface area contributed by atoms with Crippen molar-refractivity contribution in [3.8, 4) is 11.6 Å². The molecular weight excluding hydrogens is 736 g/mol. The number of nitrogens with zero attached hydrogens (tertiary/aromatic N) is 3. The van der Waals surface area contributed by atoms with Gasteiger partial charge in [-0.3, -0.25) is 19.1 Å². The minimum Gasteiger partial charge on any atom is -0.494 e. The van der Waals surface area contributed by atoms with E-state index in [9.17, 15) is 22.8 Å². The van der Waals surface area contributed by atoms with Gasteiger partial charge in [0.25, 0.3) is 11.8 Å². The molecule has 288 valence electrons. The van der Waals surface area contributed by atoms with Gasteiger partial charge in [-0.2, -0.15) is 0 Å². The van der Waals surface area contributed by atoms with Crippen LogP contribution in [0.3, 0.4) is 0 Å². The first-order valence-electron chi connectivity index (χ1n) is 17.7. The zero-order chi connectivity index (χ0) is 39.3. The predicted octanol–water partition coefficient (Wildman–Crippen LogP) is 4.87. The number of primary amides is 1. The first-order valence-corrected chi connectivity index (χ1v) is 19.6. The number of hydrogen-bond acceptors (Lipinski definition) is 10. The van der Waals surface area contributed by atoms with Gasteiger partial charge >= 0.3 is 6.03 Å². The highest BCUT2D eigenvalue weighted by atomic mass is 35.5. The average molecular weight is 781 g/mol. The van der Waals surface area contributed by atoms with E-state index in [-0.39, 0.29) is 24.4 Å². The molecule has 6 rings (SSSR count). The third-order valence-corrected chi connectivity index (χ3v) is 12.4. The summed E-state index contributed by atoms with van der Waals surface area (Å²) < 4.78 is 40.2. The molecule has 3 fully saturated rings. The van der Waals surface area contributed by atoms with Crippen molar-refractivity contribution < 1.29 is 37.1 Å². The van der Waals surface area contributed by atoms with Crippen LogP contribution in [0, 0.1) is 11.3 Å². The number of sulfonamides is 1. The number of halogens is 1. The number of likely N-dealkylation sites (tertiary alicyclic amines) is 1. The lowest BCUT2D eigenvalue weighted by Crippen LogP contribution is -2.64. The topological polar surface area (TPSA) is 190 Å². The number of benzene rings is 2. The van der Waals surface area contributed by atoms with Gasteiger partial charge in [0.1, 0.15) is 23.4 Å². The van der Waals surface area contributed by atoms with Gasteiger partial charge in [-0.15, -0.1) is 6.58 Å². The minimum absolute atomic E-state index is 0.0190. The molecule has 14 nitrogen and oxygen atoms in total. The molecule has 16 heteroatoms. The van der Waals surface area contributed by atoms with E-state index in [0.29, 0.717) is 41.1 Å². The highest BCUT2D eigenvalue weighted by molar-refractivity contribution is 7.91. The van der Waals surface area contributed by atoms with Crippen LogP contribution in [0.5, 0.6) is 11.6 Å². The van der Waals surface area contributed by atoms with Gasteiger partial charge in [0.15, 0.2) is 0 Å². The second-order valence-corrected chi connectivity index (χ2v) is 17.7. The molecule has 54 heavy (non-hydrogen) atoms. The van der Waals surface area contributed by atoms with Crippen LogP contribution in [0.4, 0.5) is 10.5 Å². The van der Waals surface area contributed by atoms with Crippen LogP contribution in [-0.4, -0.2) is 89.6 Å². The Morgan fingerprint density at radius 3 is 2.39 bits per heavy atom. The fraction of sp³-hybridized carbons (Fsp3) is 0.447. The summed E-state index contributed by atoms with van der Waals surface area (Å²) in [7, 11) is -2.52. The number of methoxy groups -OCH3 is 1. The fourth-order valence-electron chi connectivity index (χ4n) is 7.03. The quantitative estimate of drug-likeness (QED) is 0.214. The van der Waals surface area contributed by atoms with Crippen molar-refractivity contribution in [2.24, 2.45) is 17.1 Å². The van der Waals surface area contributed by atoms with Crippen molar-refractivity contribution in [3.63, 3.8) is 0 Å². The molecule has 1 aromatic heterocycles.